The molecule has 254 valence electrons. The van der Waals surface area contributed by atoms with Gasteiger partial charge in [-0.3, -0.25) is 9.36 Å². The molecule has 0 atom stereocenters. The lowest BCUT2D eigenvalue weighted by Gasteiger charge is -2.10. The lowest BCUT2D eigenvalue weighted by atomic mass is 10.1. The second-order valence-corrected chi connectivity index (χ2v) is 13.8. The van der Waals surface area contributed by atoms with Crippen molar-refractivity contribution in [3.63, 3.8) is 0 Å². The number of alkyl halides is 3. The predicted octanol–water partition coefficient (Wildman–Crippen LogP) is 9.17. The second-order valence-electron chi connectivity index (χ2n) is 10.1. The Hall–Kier alpha value is -4.54. The maximum atomic E-state index is 13.3. The standard InChI is InChI=1S/C31H20BrF5N3O7PS/c32-26-12-18(10-11-22(26)17-48(44,46-36)47-37)16-40-30(38-27(41)19-4-1-7-23(13-19)31(33,34)35)49-28(39-40)20-5-2-8-24(14-20)45-25-9-3-6-21(15-25)29(42)43/h1-15H,16-17H2,(H,42,43). The van der Waals surface area contributed by atoms with Gasteiger partial charge in [0.05, 0.1) is 23.8 Å². The average molecular weight is 784 g/mol. The van der Waals surface area contributed by atoms with Crippen LogP contribution < -0.4 is 9.54 Å². The normalized spacial score (nSPS) is 12.2. The van der Waals surface area contributed by atoms with Crippen LogP contribution in [0.3, 0.4) is 0 Å². The number of carbonyl (C=O) groups excluding carboxylic acids is 1. The van der Waals surface area contributed by atoms with Gasteiger partial charge in [-0.15, -0.1) is 9.46 Å². The molecule has 1 heterocycles. The molecule has 0 fully saturated rings. The molecule has 18 heteroatoms. The van der Waals surface area contributed by atoms with E-state index in [1.54, 1.807) is 30.3 Å². The summed E-state index contributed by atoms with van der Waals surface area (Å²) in [5.41, 5.74) is -0.107. The van der Waals surface area contributed by atoms with Gasteiger partial charge in [0.2, 0.25) is 4.80 Å². The Kier molecular flexibility index (Phi) is 10.9. The van der Waals surface area contributed by atoms with Crippen LogP contribution in [0, 0.1) is 0 Å². The highest BCUT2D eigenvalue weighted by molar-refractivity contribution is 9.10. The van der Waals surface area contributed by atoms with E-state index in [2.05, 4.69) is 35.5 Å². The molecule has 0 unspecified atom stereocenters. The molecule has 1 amide bonds. The minimum absolute atomic E-state index is 0.0132. The largest absolute Gasteiger partial charge is 0.478 e. The Morgan fingerprint density at radius 2 is 1.59 bits per heavy atom. The molecule has 0 aliphatic heterocycles. The number of carbonyl (C=O) groups is 2. The molecule has 0 bridgehead atoms. The Labute approximate surface area is 285 Å². The zero-order valence-electron chi connectivity index (χ0n) is 24.4. The third-order valence-corrected chi connectivity index (χ3v) is 9.56. The molecular formula is C31H20BrF5N3O7PS. The number of halogens is 6. The van der Waals surface area contributed by atoms with Crippen LogP contribution >= 0.6 is 34.9 Å². The Balaban J connectivity index is 1.52. The monoisotopic (exact) mass is 783 g/mol. The van der Waals surface area contributed by atoms with Crippen LogP contribution in [-0.2, 0) is 32.9 Å². The summed E-state index contributed by atoms with van der Waals surface area (Å²) < 4.78 is 90.9. The van der Waals surface area contributed by atoms with E-state index in [0.717, 1.165) is 23.5 Å². The summed E-state index contributed by atoms with van der Waals surface area (Å²) in [5, 5.41) is 14.2. The average Bonchev–Trinajstić information content (AvgIpc) is 3.47. The number of carboxylic acids is 1. The number of benzene rings is 4. The van der Waals surface area contributed by atoms with E-state index in [1.165, 1.54) is 47.1 Å². The highest BCUT2D eigenvalue weighted by Crippen LogP contribution is 2.53. The van der Waals surface area contributed by atoms with E-state index in [9.17, 15) is 41.5 Å². The van der Waals surface area contributed by atoms with Crippen LogP contribution in [0.25, 0.3) is 10.6 Å². The fourth-order valence-electron chi connectivity index (χ4n) is 4.37. The molecule has 0 radical (unpaired) electrons. The summed E-state index contributed by atoms with van der Waals surface area (Å²) in [6.07, 6.45) is -5.42. The van der Waals surface area contributed by atoms with Gasteiger partial charge >= 0.3 is 19.7 Å². The van der Waals surface area contributed by atoms with Gasteiger partial charge in [-0.05, 0) is 74.8 Å². The van der Waals surface area contributed by atoms with Crippen LogP contribution in [0.5, 0.6) is 11.5 Å². The lowest BCUT2D eigenvalue weighted by Crippen LogP contribution is -2.19. The van der Waals surface area contributed by atoms with Gasteiger partial charge in [0.1, 0.15) is 16.5 Å². The summed E-state index contributed by atoms with van der Waals surface area (Å²) in [7, 11) is -4.68. The Morgan fingerprint density at radius 1 is 0.918 bits per heavy atom. The molecular weight excluding hydrogens is 764 g/mol. The van der Waals surface area contributed by atoms with E-state index >= 15 is 0 Å². The molecule has 1 aromatic heterocycles. The van der Waals surface area contributed by atoms with E-state index < -0.39 is 37.4 Å². The topological polar surface area (TPSA) is 129 Å². The molecule has 10 nitrogen and oxygen atoms in total. The number of nitrogens with zero attached hydrogens (tertiary/aromatic N) is 3. The molecule has 0 aliphatic carbocycles. The first-order valence-electron chi connectivity index (χ1n) is 13.7. The molecule has 0 spiro atoms. The van der Waals surface area contributed by atoms with Gasteiger partial charge < -0.3 is 9.84 Å². The highest BCUT2D eigenvalue weighted by atomic mass is 79.9. The quantitative estimate of drug-likeness (QED) is 0.104. The molecule has 1 N–H and O–H groups in total. The summed E-state index contributed by atoms with van der Waals surface area (Å²) in [6.45, 7) is -0.0425. The number of ether oxygens (including phenoxy) is 1. The SMILES string of the molecule is O=C(O)c1cccc(Oc2cccc(-c3nn(Cc4ccc(CP(=O)(OF)OF)c(Br)c4)c(=NC(=O)c4cccc(C(F)(F)F)c4)s3)c2)c1. The number of aromatic carboxylic acids is 1. The van der Waals surface area contributed by atoms with E-state index in [4.69, 9.17) is 4.74 Å². The van der Waals surface area contributed by atoms with Gasteiger partial charge in [-0.2, -0.15) is 23.3 Å². The fraction of sp³-hybridized carbons (Fsp3) is 0.0968. The van der Waals surface area contributed by atoms with Crippen molar-refractivity contribution in [2.24, 2.45) is 4.99 Å². The number of aromatic nitrogens is 2. The van der Waals surface area contributed by atoms with Gasteiger partial charge in [-0.25, -0.2) is 9.48 Å². The Bertz CT molecular complexity index is 2150. The van der Waals surface area contributed by atoms with E-state index in [0.29, 0.717) is 28.0 Å². The summed E-state index contributed by atoms with van der Waals surface area (Å²) in [6, 6.07) is 20.7. The number of hydrogen-bond acceptors (Lipinski definition) is 8. The highest BCUT2D eigenvalue weighted by Gasteiger charge is 2.31. The van der Waals surface area contributed by atoms with Crippen molar-refractivity contribution in [2.75, 3.05) is 0 Å². The fourth-order valence-corrected chi connectivity index (χ4v) is 6.86. The number of carboxylic acid groups (broad SMARTS) is 1. The van der Waals surface area contributed by atoms with Crippen molar-refractivity contribution in [3.05, 3.63) is 128 Å². The molecule has 0 aliphatic rings. The molecule has 5 aromatic rings. The van der Waals surface area contributed by atoms with Crippen LogP contribution in [0.1, 0.15) is 37.4 Å². The van der Waals surface area contributed by atoms with Crippen LogP contribution in [0.4, 0.5) is 22.2 Å². The third-order valence-electron chi connectivity index (χ3n) is 6.68. The van der Waals surface area contributed by atoms with Crippen molar-refractivity contribution in [2.45, 2.75) is 18.9 Å². The van der Waals surface area contributed by atoms with Crippen LogP contribution in [-0.4, -0.2) is 26.8 Å². The summed E-state index contributed by atoms with van der Waals surface area (Å²) in [4.78, 5) is 28.6. The molecule has 0 saturated heterocycles. The van der Waals surface area contributed by atoms with E-state index in [-0.39, 0.29) is 38.3 Å². The van der Waals surface area contributed by atoms with Crippen molar-refractivity contribution in [3.8, 4) is 22.1 Å². The zero-order valence-corrected chi connectivity index (χ0v) is 27.7. The van der Waals surface area contributed by atoms with Crippen LogP contribution in [0.15, 0.2) is 100 Å². The molecule has 0 saturated carbocycles. The van der Waals surface area contributed by atoms with Gasteiger partial charge in [0.15, 0.2) is 0 Å². The maximum absolute atomic E-state index is 13.3. The smallest absolute Gasteiger partial charge is 0.416 e. The first-order valence-corrected chi connectivity index (χ1v) is 17.0. The van der Waals surface area contributed by atoms with Gasteiger partial charge in [0.25, 0.3) is 5.91 Å². The summed E-state index contributed by atoms with van der Waals surface area (Å²) >= 11 is 4.20. The predicted molar refractivity (Wildman–Crippen MR) is 169 cm³/mol. The third kappa shape index (κ3) is 8.93. The molecule has 4 aromatic carbocycles. The summed E-state index contributed by atoms with van der Waals surface area (Å²) in [5.74, 6) is -1.51. The van der Waals surface area contributed by atoms with Gasteiger partial charge in [-0.1, -0.05) is 63.7 Å². The van der Waals surface area contributed by atoms with Crippen molar-refractivity contribution in [1.82, 2.24) is 9.78 Å². The number of hydrogen-bond donors (Lipinski definition) is 1. The van der Waals surface area contributed by atoms with Crippen molar-refractivity contribution < 1.29 is 55.7 Å². The zero-order chi connectivity index (χ0) is 35.3. The minimum Gasteiger partial charge on any atom is -0.478 e. The maximum Gasteiger partial charge on any atom is 0.416 e. The second kappa shape index (κ2) is 14.9. The molecule has 5 rings (SSSR count). The number of rotatable bonds is 11. The number of amides is 1. The first-order chi connectivity index (χ1) is 23.3. The van der Waals surface area contributed by atoms with E-state index in [1.807, 2.05) is 0 Å². The van der Waals surface area contributed by atoms with Crippen molar-refractivity contribution in [1.29, 1.82) is 0 Å². The first kappa shape index (κ1) is 35.8. The Morgan fingerprint density at radius 3 is 2.27 bits per heavy atom. The van der Waals surface area contributed by atoms with Crippen LogP contribution in [0.2, 0.25) is 0 Å². The minimum atomic E-state index is -4.68. The van der Waals surface area contributed by atoms with Gasteiger partial charge in [0, 0.05) is 15.6 Å². The lowest BCUT2D eigenvalue weighted by molar-refractivity contribution is -0.137. The molecule has 49 heavy (non-hydrogen) atoms. The van der Waals surface area contributed by atoms with Crippen molar-refractivity contribution >= 4 is 46.7 Å².